The van der Waals surface area contributed by atoms with Crippen molar-refractivity contribution in [1.29, 1.82) is 0 Å². The molecule has 12 heavy (non-hydrogen) atoms. The quantitative estimate of drug-likeness (QED) is 0.501. The summed E-state index contributed by atoms with van der Waals surface area (Å²) in [5.74, 6) is -0.378. The third kappa shape index (κ3) is 1.05. The lowest BCUT2D eigenvalue weighted by Crippen LogP contribution is -2.27. The first-order valence-electron chi connectivity index (χ1n) is 4.07. The molecule has 1 saturated heterocycles. The molecule has 0 radical (unpaired) electrons. The molecule has 1 aliphatic carbocycles. The SMILES string of the molecule is CC1=CC(=O)[C@H]2CC(=O)O[C@H]2C1. The number of rotatable bonds is 0. The van der Waals surface area contributed by atoms with E-state index in [1.54, 1.807) is 6.08 Å². The maximum absolute atomic E-state index is 11.3. The number of carbonyl (C=O) groups is 2. The van der Waals surface area contributed by atoms with Crippen LogP contribution in [0.1, 0.15) is 19.8 Å². The fourth-order valence-corrected chi connectivity index (χ4v) is 1.80. The molecule has 64 valence electrons. The lowest BCUT2D eigenvalue weighted by Gasteiger charge is -2.19. The third-order valence-electron chi connectivity index (χ3n) is 2.40. The number of carbonyl (C=O) groups excluding carboxylic acids is 2. The maximum Gasteiger partial charge on any atom is 0.306 e. The molecule has 0 aromatic heterocycles. The summed E-state index contributed by atoms with van der Waals surface area (Å²) in [5, 5.41) is 0. The number of ketones is 1. The Balaban J connectivity index is 2.25. The average Bonchev–Trinajstić information content (AvgIpc) is 2.29. The molecule has 3 nitrogen and oxygen atoms in total. The van der Waals surface area contributed by atoms with Gasteiger partial charge in [0.25, 0.3) is 0 Å². The Morgan fingerprint density at radius 2 is 2.17 bits per heavy atom. The van der Waals surface area contributed by atoms with E-state index in [-0.39, 0.29) is 30.2 Å². The van der Waals surface area contributed by atoms with Crippen LogP contribution in [-0.4, -0.2) is 17.9 Å². The molecular formula is C9H10O3. The fourth-order valence-electron chi connectivity index (χ4n) is 1.80. The van der Waals surface area contributed by atoms with Crippen LogP contribution in [0.4, 0.5) is 0 Å². The molecule has 1 fully saturated rings. The third-order valence-corrected chi connectivity index (χ3v) is 2.40. The van der Waals surface area contributed by atoms with E-state index >= 15 is 0 Å². The minimum Gasteiger partial charge on any atom is -0.461 e. The molecule has 0 N–H and O–H groups in total. The summed E-state index contributed by atoms with van der Waals surface area (Å²) in [5.41, 5.74) is 1.01. The molecule has 0 saturated carbocycles. The van der Waals surface area contributed by atoms with Gasteiger partial charge in [-0.25, -0.2) is 0 Å². The highest BCUT2D eigenvalue weighted by atomic mass is 16.6. The first kappa shape index (κ1) is 7.53. The summed E-state index contributed by atoms with van der Waals surface area (Å²) < 4.78 is 5.01. The van der Waals surface area contributed by atoms with Crippen molar-refractivity contribution in [3.8, 4) is 0 Å². The van der Waals surface area contributed by atoms with Crippen molar-refractivity contribution in [2.24, 2.45) is 5.92 Å². The first-order chi connectivity index (χ1) is 5.66. The summed E-state index contributed by atoms with van der Waals surface area (Å²) in [6.07, 6.45) is 2.45. The number of allylic oxidation sites excluding steroid dienone is 1. The van der Waals surface area contributed by atoms with Crippen molar-refractivity contribution in [2.45, 2.75) is 25.9 Å². The molecule has 0 aromatic carbocycles. The fraction of sp³-hybridized carbons (Fsp3) is 0.556. The largest absolute Gasteiger partial charge is 0.461 e. The van der Waals surface area contributed by atoms with Crippen molar-refractivity contribution in [3.63, 3.8) is 0 Å². The second-order valence-electron chi connectivity index (χ2n) is 3.44. The number of hydrogen-bond acceptors (Lipinski definition) is 3. The van der Waals surface area contributed by atoms with Gasteiger partial charge in [0.05, 0.1) is 12.3 Å². The minimum absolute atomic E-state index is 0.0506. The van der Waals surface area contributed by atoms with E-state index in [0.29, 0.717) is 0 Å². The van der Waals surface area contributed by atoms with E-state index in [9.17, 15) is 9.59 Å². The second kappa shape index (κ2) is 2.44. The summed E-state index contributed by atoms with van der Waals surface area (Å²) in [4.78, 5) is 22.2. The Hall–Kier alpha value is -1.12. The van der Waals surface area contributed by atoms with E-state index < -0.39 is 0 Å². The molecule has 0 unspecified atom stereocenters. The van der Waals surface area contributed by atoms with Crippen LogP contribution in [0, 0.1) is 5.92 Å². The number of esters is 1. The van der Waals surface area contributed by atoms with Gasteiger partial charge in [-0.1, -0.05) is 5.57 Å². The molecular weight excluding hydrogens is 156 g/mol. The zero-order chi connectivity index (χ0) is 8.72. The van der Waals surface area contributed by atoms with Gasteiger partial charge in [0.2, 0.25) is 0 Å². The van der Waals surface area contributed by atoms with Crippen LogP contribution in [0.3, 0.4) is 0 Å². The van der Waals surface area contributed by atoms with Gasteiger partial charge in [-0.15, -0.1) is 0 Å². The molecule has 2 atom stereocenters. The Morgan fingerprint density at radius 3 is 2.92 bits per heavy atom. The molecule has 3 heteroatoms. The van der Waals surface area contributed by atoms with Crippen LogP contribution < -0.4 is 0 Å². The minimum atomic E-state index is -0.235. The molecule has 0 amide bonds. The van der Waals surface area contributed by atoms with Crippen molar-refractivity contribution in [2.75, 3.05) is 0 Å². The van der Waals surface area contributed by atoms with Crippen molar-refractivity contribution < 1.29 is 14.3 Å². The van der Waals surface area contributed by atoms with Crippen LogP contribution in [0.25, 0.3) is 0 Å². The average molecular weight is 166 g/mol. The lowest BCUT2D eigenvalue weighted by molar-refractivity contribution is -0.141. The normalized spacial score (nSPS) is 34.2. The summed E-state index contributed by atoms with van der Waals surface area (Å²) in [7, 11) is 0. The summed E-state index contributed by atoms with van der Waals surface area (Å²) >= 11 is 0. The van der Waals surface area contributed by atoms with Gasteiger partial charge >= 0.3 is 5.97 Å². The molecule has 2 aliphatic rings. The second-order valence-corrected chi connectivity index (χ2v) is 3.44. The maximum atomic E-state index is 11.3. The van der Waals surface area contributed by atoms with Crippen LogP contribution in [0.5, 0.6) is 0 Å². The van der Waals surface area contributed by atoms with E-state index in [1.165, 1.54) is 0 Å². The van der Waals surface area contributed by atoms with Crippen LogP contribution in [-0.2, 0) is 14.3 Å². The summed E-state index contributed by atoms with van der Waals surface area (Å²) in [6, 6.07) is 0. The highest BCUT2D eigenvalue weighted by Gasteiger charge is 2.40. The van der Waals surface area contributed by atoms with E-state index in [2.05, 4.69) is 0 Å². The van der Waals surface area contributed by atoms with Crippen LogP contribution in [0.15, 0.2) is 11.6 Å². The van der Waals surface area contributed by atoms with Crippen LogP contribution in [0.2, 0.25) is 0 Å². The Bertz CT molecular complexity index is 277. The summed E-state index contributed by atoms with van der Waals surface area (Å²) in [6.45, 7) is 1.89. The molecule has 0 bridgehead atoms. The van der Waals surface area contributed by atoms with E-state index in [0.717, 1.165) is 12.0 Å². The van der Waals surface area contributed by atoms with Gasteiger partial charge in [-0.2, -0.15) is 0 Å². The highest BCUT2D eigenvalue weighted by molar-refractivity contribution is 5.97. The Morgan fingerprint density at radius 1 is 1.42 bits per heavy atom. The smallest absolute Gasteiger partial charge is 0.306 e. The predicted octanol–water partition coefficient (Wildman–Crippen LogP) is 0.837. The van der Waals surface area contributed by atoms with Crippen molar-refractivity contribution in [1.82, 2.24) is 0 Å². The van der Waals surface area contributed by atoms with Gasteiger partial charge in [0, 0.05) is 6.42 Å². The monoisotopic (exact) mass is 166 g/mol. The lowest BCUT2D eigenvalue weighted by atomic mass is 9.86. The molecule has 2 rings (SSSR count). The van der Waals surface area contributed by atoms with E-state index in [4.69, 9.17) is 4.74 Å². The number of hydrogen-bond donors (Lipinski definition) is 0. The van der Waals surface area contributed by atoms with Gasteiger partial charge in [0.15, 0.2) is 5.78 Å². The predicted molar refractivity (Wildman–Crippen MR) is 41.4 cm³/mol. The molecule has 0 aromatic rings. The zero-order valence-corrected chi connectivity index (χ0v) is 6.87. The first-order valence-corrected chi connectivity index (χ1v) is 4.07. The topological polar surface area (TPSA) is 43.4 Å². The van der Waals surface area contributed by atoms with Gasteiger partial charge in [-0.3, -0.25) is 9.59 Å². The molecule has 0 spiro atoms. The molecule has 1 aliphatic heterocycles. The standard InChI is InChI=1S/C9H10O3/c1-5-2-7(10)6-4-9(11)12-8(6)3-5/h2,6,8H,3-4H2,1H3/t6-,8+/m1/s1. The van der Waals surface area contributed by atoms with Crippen LogP contribution >= 0.6 is 0 Å². The Kier molecular flexibility index (Phi) is 1.53. The highest BCUT2D eigenvalue weighted by Crippen LogP contribution is 2.31. The van der Waals surface area contributed by atoms with E-state index in [1.807, 2.05) is 6.92 Å². The Labute approximate surface area is 70.4 Å². The van der Waals surface area contributed by atoms with Gasteiger partial charge in [0.1, 0.15) is 6.10 Å². The van der Waals surface area contributed by atoms with Gasteiger partial charge < -0.3 is 4.74 Å². The molecule has 1 heterocycles. The number of fused-ring (bicyclic) bond motifs is 1. The van der Waals surface area contributed by atoms with Gasteiger partial charge in [-0.05, 0) is 13.0 Å². The van der Waals surface area contributed by atoms with Crippen molar-refractivity contribution in [3.05, 3.63) is 11.6 Å². The zero-order valence-electron chi connectivity index (χ0n) is 6.87. The van der Waals surface area contributed by atoms with Crippen molar-refractivity contribution >= 4 is 11.8 Å². The number of ether oxygens (including phenoxy) is 1.